The molecule has 3 nitrogen and oxygen atoms in total. The van der Waals surface area contributed by atoms with Crippen LogP contribution in [0.3, 0.4) is 0 Å². The molecule has 0 unspecified atom stereocenters. The van der Waals surface area contributed by atoms with Gasteiger partial charge in [-0.05, 0) is 30.7 Å². The molecule has 0 fully saturated rings. The van der Waals surface area contributed by atoms with Crippen LogP contribution in [0.2, 0.25) is 5.02 Å². The van der Waals surface area contributed by atoms with Crippen LogP contribution in [0.1, 0.15) is 15.9 Å². The summed E-state index contributed by atoms with van der Waals surface area (Å²) in [5, 5.41) is 2.73. The number of amides is 1. The fourth-order valence-corrected chi connectivity index (χ4v) is 1.86. The number of aryl methyl sites for hydroxylation is 1. The third-order valence-electron chi connectivity index (χ3n) is 2.78. The van der Waals surface area contributed by atoms with Crippen molar-refractivity contribution in [3.63, 3.8) is 0 Å². The largest absolute Gasteiger partial charge is 0.396 e. The molecular weight excluding hydrogens is 286 g/mol. The van der Waals surface area contributed by atoms with Gasteiger partial charge >= 0.3 is 0 Å². The molecule has 0 saturated carbocycles. The van der Waals surface area contributed by atoms with Crippen molar-refractivity contribution in [2.75, 3.05) is 11.1 Å². The zero-order valence-corrected chi connectivity index (χ0v) is 11.3. The van der Waals surface area contributed by atoms with Gasteiger partial charge in [0.2, 0.25) is 0 Å². The van der Waals surface area contributed by atoms with Gasteiger partial charge in [0.1, 0.15) is 11.6 Å². The molecule has 2 aromatic rings. The molecule has 0 bridgehead atoms. The molecular formula is C14H11ClF2N2O. The van der Waals surface area contributed by atoms with Gasteiger partial charge in [-0.2, -0.15) is 0 Å². The van der Waals surface area contributed by atoms with Crippen molar-refractivity contribution in [3.05, 3.63) is 58.1 Å². The number of halogens is 3. The summed E-state index contributed by atoms with van der Waals surface area (Å²) in [5.74, 6) is -2.32. The van der Waals surface area contributed by atoms with Crippen LogP contribution in [0.15, 0.2) is 30.3 Å². The number of hydrogen-bond acceptors (Lipinski definition) is 2. The first-order valence-corrected chi connectivity index (χ1v) is 6.08. The van der Waals surface area contributed by atoms with Gasteiger partial charge in [0.15, 0.2) is 0 Å². The molecule has 20 heavy (non-hydrogen) atoms. The lowest BCUT2D eigenvalue weighted by atomic mass is 10.1. The van der Waals surface area contributed by atoms with Gasteiger partial charge in [-0.1, -0.05) is 17.7 Å². The first kappa shape index (κ1) is 14.3. The maximum absolute atomic E-state index is 13.6. The van der Waals surface area contributed by atoms with Gasteiger partial charge in [-0.25, -0.2) is 8.78 Å². The van der Waals surface area contributed by atoms with E-state index in [-0.39, 0.29) is 11.4 Å². The van der Waals surface area contributed by atoms with Crippen LogP contribution >= 0.6 is 11.6 Å². The van der Waals surface area contributed by atoms with Crippen LogP contribution in [-0.2, 0) is 0 Å². The summed E-state index contributed by atoms with van der Waals surface area (Å²) in [6, 6.07) is 6.44. The van der Waals surface area contributed by atoms with Crippen molar-refractivity contribution in [2.45, 2.75) is 6.92 Å². The summed E-state index contributed by atoms with van der Waals surface area (Å²) in [7, 11) is 0. The molecule has 0 saturated heterocycles. The lowest BCUT2D eigenvalue weighted by molar-refractivity contribution is 0.102. The number of rotatable bonds is 2. The Morgan fingerprint density at radius 1 is 1.20 bits per heavy atom. The topological polar surface area (TPSA) is 55.1 Å². The Bertz CT molecular complexity index is 689. The second-order valence-corrected chi connectivity index (χ2v) is 4.70. The van der Waals surface area contributed by atoms with Crippen molar-refractivity contribution in [2.24, 2.45) is 0 Å². The van der Waals surface area contributed by atoms with Crippen LogP contribution in [0.5, 0.6) is 0 Å². The Hall–Kier alpha value is -2.14. The number of benzene rings is 2. The number of nitrogens with one attached hydrogen (secondary N) is 1. The summed E-state index contributed by atoms with van der Waals surface area (Å²) in [6.07, 6.45) is 0. The molecule has 6 heteroatoms. The van der Waals surface area contributed by atoms with E-state index in [2.05, 4.69) is 5.32 Å². The monoisotopic (exact) mass is 296 g/mol. The van der Waals surface area contributed by atoms with Gasteiger partial charge in [0.05, 0.1) is 11.4 Å². The highest BCUT2D eigenvalue weighted by atomic mass is 35.5. The molecule has 0 radical (unpaired) electrons. The predicted molar refractivity (Wildman–Crippen MR) is 74.9 cm³/mol. The summed E-state index contributed by atoms with van der Waals surface area (Å²) < 4.78 is 26.6. The summed E-state index contributed by atoms with van der Waals surface area (Å²) in [6.45, 7) is 1.72. The lowest BCUT2D eigenvalue weighted by Crippen LogP contribution is -2.15. The van der Waals surface area contributed by atoms with Gasteiger partial charge in [-0.15, -0.1) is 0 Å². The van der Waals surface area contributed by atoms with Crippen molar-refractivity contribution in [1.29, 1.82) is 0 Å². The zero-order chi connectivity index (χ0) is 14.9. The molecule has 0 aromatic heterocycles. The Morgan fingerprint density at radius 2 is 1.90 bits per heavy atom. The number of carbonyl (C=O) groups excluding carboxylic acids is 1. The van der Waals surface area contributed by atoms with Crippen molar-refractivity contribution >= 4 is 28.9 Å². The lowest BCUT2D eigenvalue weighted by Gasteiger charge is -2.10. The maximum atomic E-state index is 13.6. The van der Waals surface area contributed by atoms with Crippen LogP contribution in [0, 0.1) is 18.6 Å². The SMILES string of the molecule is Cc1ccc(Cl)cc1C(=O)Nc1cc(N)c(F)cc1F. The highest BCUT2D eigenvalue weighted by Crippen LogP contribution is 2.23. The Balaban J connectivity index is 2.32. The van der Waals surface area contributed by atoms with E-state index in [1.165, 1.54) is 6.07 Å². The standard InChI is InChI=1S/C14H11ClF2N2O/c1-7-2-3-8(15)4-9(7)14(20)19-13-6-12(18)10(16)5-11(13)17/h2-6H,18H2,1H3,(H,19,20). The molecule has 0 spiro atoms. The van der Waals surface area contributed by atoms with E-state index in [0.717, 1.165) is 6.07 Å². The number of nitrogens with two attached hydrogens (primary N) is 1. The van der Waals surface area contributed by atoms with Crippen molar-refractivity contribution in [1.82, 2.24) is 0 Å². The van der Waals surface area contributed by atoms with E-state index < -0.39 is 17.5 Å². The Labute approximate surface area is 119 Å². The average Bonchev–Trinajstić information content (AvgIpc) is 2.38. The second kappa shape index (κ2) is 5.46. The molecule has 0 aliphatic heterocycles. The van der Waals surface area contributed by atoms with Crippen LogP contribution < -0.4 is 11.1 Å². The van der Waals surface area contributed by atoms with Gasteiger partial charge in [-0.3, -0.25) is 4.79 Å². The van der Waals surface area contributed by atoms with E-state index in [1.807, 2.05) is 0 Å². The van der Waals surface area contributed by atoms with Crippen LogP contribution in [0.4, 0.5) is 20.2 Å². The predicted octanol–water partition coefficient (Wildman–Crippen LogP) is 3.76. The van der Waals surface area contributed by atoms with E-state index in [4.69, 9.17) is 17.3 Å². The normalized spacial score (nSPS) is 10.4. The smallest absolute Gasteiger partial charge is 0.256 e. The number of carbonyl (C=O) groups is 1. The number of nitrogen functional groups attached to an aromatic ring is 1. The quantitative estimate of drug-likeness (QED) is 0.829. The zero-order valence-electron chi connectivity index (χ0n) is 10.5. The molecule has 3 N–H and O–H groups in total. The molecule has 0 atom stereocenters. The minimum Gasteiger partial charge on any atom is -0.396 e. The highest BCUT2D eigenvalue weighted by molar-refractivity contribution is 6.31. The third-order valence-corrected chi connectivity index (χ3v) is 3.01. The molecule has 2 aromatic carbocycles. The molecule has 2 rings (SSSR count). The third kappa shape index (κ3) is 2.88. The summed E-state index contributed by atoms with van der Waals surface area (Å²) in [4.78, 5) is 12.1. The van der Waals surface area contributed by atoms with E-state index in [0.29, 0.717) is 22.2 Å². The average molecular weight is 297 g/mol. The summed E-state index contributed by atoms with van der Waals surface area (Å²) >= 11 is 5.82. The van der Waals surface area contributed by atoms with E-state index in [9.17, 15) is 13.6 Å². The van der Waals surface area contributed by atoms with Gasteiger partial charge in [0, 0.05) is 16.7 Å². The molecule has 0 aliphatic carbocycles. The minimum atomic E-state index is -0.898. The molecule has 0 aliphatic rings. The number of anilines is 2. The Morgan fingerprint density at radius 3 is 2.60 bits per heavy atom. The van der Waals surface area contributed by atoms with Crippen molar-refractivity contribution < 1.29 is 13.6 Å². The van der Waals surface area contributed by atoms with Crippen LogP contribution in [0.25, 0.3) is 0 Å². The first-order valence-electron chi connectivity index (χ1n) is 5.70. The second-order valence-electron chi connectivity index (χ2n) is 4.27. The van der Waals surface area contributed by atoms with Gasteiger partial charge in [0.25, 0.3) is 5.91 Å². The Kier molecular flexibility index (Phi) is 3.90. The van der Waals surface area contributed by atoms with Crippen molar-refractivity contribution in [3.8, 4) is 0 Å². The minimum absolute atomic E-state index is 0.187. The van der Waals surface area contributed by atoms with Crippen LogP contribution in [-0.4, -0.2) is 5.91 Å². The summed E-state index contributed by atoms with van der Waals surface area (Å²) in [5.41, 5.74) is 5.90. The maximum Gasteiger partial charge on any atom is 0.256 e. The fraction of sp³-hybridized carbons (Fsp3) is 0.0714. The van der Waals surface area contributed by atoms with E-state index in [1.54, 1.807) is 19.1 Å². The molecule has 104 valence electrons. The highest BCUT2D eigenvalue weighted by Gasteiger charge is 2.14. The molecule has 1 amide bonds. The van der Waals surface area contributed by atoms with Gasteiger partial charge < -0.3 is 11.1 Å². The molecule has 0 heterocycles. The first-order chi connectivity index (χ1) is 9.38. The fourth-order valence-electron chi connectivity index (χ4n) is 1.69. The van der Waals surface area contributed by atoms with E-state index >= 15 is 0 Å². The number of hydrogen-bond donors (Lipinski definition) is 2.